The second kappa shape index (κ2) is 7.87. The molecule has 3 aromatic rings. The van der Waals surface area contributed by atoms with Crippen molar-refractivity contribution < 1.29 is 23.2 Å². The molecule has 0 saturated heterocycles. The molecule has 0 saturated carbocycles. The topological polar surface area (TPSA) is 94.8 Å². The van der Waals surface area contributed by atoms with Gasteiger partial charge >= 0.3 is 0 Å². The fourth-order valence-electron chi connectivity index (χ4n) is 3.19. The van der Waals surface area contributed by atoms with Crippen LogP contribution in [0.5, 0.6) is 11.5 Å². The molecule has 5 nitrogen and oxygen atoms in total. The summed E-state index contributed by atoms with van der Waals surface area (Å²) in [5, 5.41) is 19.8. The molecule has 0 aliphatic carbocycles. The molecule has 0 heterocycles. The molecule has 0 aliphatic heterocycles. The maximum atomic E-state index is 13.0. The van der Waals surface area contributed by atoms with Crippen molar-refractivity contribution in [3.8, 4) is 11.5 Å². The molecule has 0 aromatic heterocycles. The summed E-state index contributed by atoms with van der Waals surface area (Å²) < 4.78 is 34.0. The van der Waals surface area contributed by atoms with Crippen molar-refractivity contribution in [2.75, 3.05) is 0 Å². The van der Waals surface area contributed by atoms with Gasteiger partial charge in [0.2, 0.25) is 0 Å². The number of phenols is 2. The summed E-state index contributed by atoms with van der Waals surface area (Å²) in [5.41, 5.74) is -0.463. The molecular weight excluding hydrogens is 482 g/mol. The van der Waals surface area contributed by atoms with Gasteiger partial charge in [-0.2, -0.15) is 8.42 Å². The van der Waals surface area contributed by atoms with Gasteiger partial charge in [-0.1, -0.05) is 64.6 Å². The Balaban J connectivity index is 2.63. The highest BCUT2D eigenvalue weighted by molar-refractivity contribution is 7.87. The third-order valence-electron chi connectivity index (χ3n) is 4.39. The number of aromatic hydroxyl groups is 2. The van der Waals surface area contributed by atoms with Crippen LogP contribution < -0.4 is 0 Å². The molecule has 0 bridgehead atoms. The predicted octanol–water partition coefficient (Wildman–Crippen LogP) is 5.89. The summed E-state index contributed by atoms with van der Waals surface area (Å²) in [5.74, 6) is -0.897. The van der Waals surface area contributed by atoms with E-state index >= 15 is 0 Å². The quantitative estimate of drug-likeness (QED) is 0.311. The lowest BCUT2D eigenvalue weighted by molar-refractivity contribution is 0.455. The maximum Gasteiger partial charge on any atom is 0.283 e. The molecule has 1 atom stereocenters. The Morgan fingerprint density at radius 2 is 1.38 bits per heavy atom. The van der Waals surface area contributed by atoms with Gasteiger partial charge in [-0.3, -0.25) is 4.55 Å². The number of halogens is 4. The summed E-state index contributed by atoms with van der Waals surface area (Å²) in [6.07, 6.45) is 0. The Morgan fingerprint density at radius 3 is 1.97 bits per heavy atom. The highest BCUT2D eigenvalue weighted by Crippen LogP contribution is 2.52. The van der Waals surface area contributed by atoms with Crippen LogP contribution in [0.2, 0.25) is 20.1 Å². The SMILES string of the molecule is O=S(=O)(O)C(c1cccc(Cl)c1)(c1ccc(Cl)c(O)c1)c1c(Cl)ccc(O)c1Cl. The Labute approximate surface area is 186 Å². The van der Waals surface area contributed by atoms with Crippen molar-refractivity contribution in [3.05, 3.63) is 91.4 Å². The van der Waals surface area contributed by atoms with Gasteiger partial charge in [-0.05, 0) is 47.5 Å². The molecule has 0 radical (unpaired) electrons. The van der Waals surface area contributed by atoms with E-state index in [-0.39, 0.29) is 31.8 Å². The molecule has 3 rings (SSSR count). The van der Waals surface area contributed by atoms with E-state index in [1.165, 1.54) is 48.5 Å². The molecule has 10 heteroatoms. The number of benzene rings is 3. The summed E-state index contributed by atoms with van der Waals surface area (Å²) in [6, 6.07) is 11.7. The van der Waals surface area contributed by atoms with Crippen molar-refractivity contribution in [2.45, 2.75) is 4.75 Å². The van der Waals surface area contributed by atoms with Crippen molar-refractivity contribution in [2.24, 2.45) is 0 Å². The monoisotopic (exact) mass is 492 g/mol. The summed E-state index contributed by atoms with van der Waals surface area (Å²) in [4.78, 5) is 0. The summed E-state index contributed by atoms with van der Waals surface area (Å²) >= 11 is 24.5. The molecular formula is C19H12Cl4O5S. The van der Waals surface area contributed by atoms with Gasteiger partial charge in [0.15, 0.2) is 4.75 Å². The first kappa shape index (κ1) is 22.0. The highest BCUT2D eigenvalue weighted by atomic mass is 35.5. The van der Waals surface area contributed by atoms with Crippen LogP contribution in [0.4, 0.5) is 0 Å². The van der Waals surface area contributed by atoms with Gasteiger partial charge in [0.1, 0.15) is 11.5 Å². The standard InChI is InChI=1S/C19H12Cl4O5S/c20-12-3-1-2-10(8-12)19(29(26,27)28,11-4-5-13(21)16(25)9-11)17-14(22)6-7-15(24)18(17)23/h1-9,24-25H,(H,26,27,28). The van der Waals surface area contributed by atoms with Crippen LogP contribution in [-0.2, 0) is 14.9 Å². The van der Waals surface area contributed by atoms with Gasteiger partial charge < -0.3 is 10.2 Å². The van der Waals surface area contributed by atoms with Crippen molar-refractivity contribution in [1.29, 1.82) is 0 Å². The van der Waals surface area contributed by atoms with Crippen molar-refractivity contribution in [1.82, 2.24) is 0 Å². The first-order valence-electron chi connectivity index (χ1n) is 7.89. The maximum absolute atomic E-state index is 13.0. The zero-order chi connectivity index (χ0) is 21.6. The van der Waals surface area contributed by atoms with E-state index in [9.17, 15) is 23.2 Å². The molecule has 152 valence electrons. The number of hydrogen-bond acceptors (Lipinski definition) is 4. The normalized spacial score (nSPS) is 13.8. The third kappa shape index (κ3) is 3.65. The van der Waals surface area contributed by atoms with Crippen LogP contribution in [0, 0.1) is 0 Å². The lowest BCUT2D eigenvalue weighted by Crippen LogP contribution is -2.39. The fourth-order valence-corrected chi connectivity index (χ4v) is 5.58. The molecule has 3 N–H and O–H groups in total. The number of phenolic OH excluding ortho intramolecular Hbond substituents is 2. The second-order valence-electron chi connectivity index (χ2n) is 6.09. The van der Waals surface area contributed by atoms with Crippen LogP contribution in [-0.4, -0.2) is 23.2 Å². The van der Waals surface area contributed by atoms with Crippen LogP contribution in [0.25, 0.3) is 0 Å². The Bertz CT molecular complexity index is 1210. The van der Waals surface area contributed by atoms with E-state index in [1.54, 1.807) is 0 Å². The molecule has 0 amide bonds. The number of hydrogen-bond donors (Lipinski definition) is 3. The third-order valence-corrected chi connectivity index (χ3v) is 7.10. The summed E-state index contributed by atoms with van der Waals surface area (Å²) in [7, 11) is -5.09. The molecule has 0 fully saturated rings. The molecule has 0 aliphatic rings. The molecule has 29 heavy (non-hydrogen) atoms. The van der Waals surface area contributed by atoms with E-state index in [0.29, 0.717) is 0 Å². The van der Waals surface area contributed by atoms with Crippen molar-refractivity contribution >= 4 is 56.5 Å². The molecule has 0 spiro atoms. The van der Waals surface area contributed by atoms with Gasteiger partial charge in [-0.25, -0.2) is 0 Å². The second-order valence-corrected chi connectivity index (χ2v) is 9.28. The van der Waals surface area contributed by atoms with Gasteiger partial charge in [0.25, 0.3) is 10.1 Å². The van der Waals surface area contributed by atoms with Crippen LogP contribution in [0.15, 0.2) is 54.6 Å². The largest absolute Gasteiger partial charge is 0.506 e. The fraction of sp³-hybridized carbons (Fsp3) is 0.0526. The van der Waals surface area contributed by atoms with Gasteiger partial charge in [0.05, 0.1) is 10.0 Å². The average molecular weight is 494 g/mol. The van der Waals surface area contributed by atoms with E-state index in [0.717, 1.165) is 6.07 Å². The number of rotatable bonds is 4. The summed E-state index contributed by atoms with van der Waals surface area (Å²) in [6.45, 7) is 0. The Morgan fingerprint density at radius 1 is 0.759 bits per heavy atom. The molecule has 3 aromatic carbocycles. The lowest BCUT2D eigenvalue weighted by atomic mass is 9.83. The minimum Gasteiger partial charge on any atom is -0.506 e. The van der Waals surface area contributed by atoms with Crippen LogP contribution >= 0.6 is 46.4 Å². The van der Waals surface area contributed by atoms with E-state index in [2.05, 4.69) is 0 Å². The van der Waals surface area contributed by atoms with Crippen molar-refractivity contribution in [3.63, 3.8) is 0 Å². The smallest absolute Gasteiger partial charge is 0.283 e. The van der Waals surface area contributed by atoms with E-state index < -0.39 is 31.4 Å². The van der Waals surface area contributed by atoms with Gasteiger partial charge in [-0.15, -0.1) is 0 Å². The van der Waals surface area contributed by atoms with E-state index in [4.69, 9.17) is 46.4 Å². The molecule has 1 unspecified atom stereocenters. The van der Waals surface area contributed by atoms with E-state index in [1.807, 2.05) is 0 Å². The zero-order valence-electron chi connectivity index (χ0n) is 14.3. The highest BCUT2D eigenvalue weighted by Gasteiger charge is 2.51. The van der Waals surface area contributed by atoms with Gasteiger partial charge in [0, 0.05) is 15.6 Å². The van der Waals surface area contributed by atoms with Crippen LogP contribution in [0.1, 0.15) is 16.7 Å². The first-order valence-corrected chi connectivity index (χ1v) is 10.8. The zero-order valence-corrected chi connectivity index (χ0v) is 18.1. The predicted molar refractivity (Wildman–Crippen MR) is 114 cm³/mol. The minimum atomic E-state index is -5.09. The first-order chi connectivity index (χ1) is 13.5. The lowest BCUT2D eigenvalue weighted by Gasteiger charge is -2.34. The minimum absolute atomic E-state index is 0.0244. The Hall–Kier alpha value is -1.67. The Kier molecular flexibility index (Phi) is 5.98. The van der Waals surface area contributed by atoms with Crippen LogP contribution in [0.3, 0.4) is 0 Å². The average Bonchev–Trinajstić information content (AvgIpc) is 2.63.